The lowest BCUT2D eigenvalue weighted by molar-refractivity contribution is 0.280. The maximum Gasteiger partial charge on any atom is 0.0651 e. The minimum Gasteiger partial charge on any atom is -0.396 e. The van der Waals surface area contributed by atoms with Crippen LogP contribution in [0.4, 0.5) is 0 Å². The third-order valence-electron chi connectivity index (χ3n) is 1.93. The average molecular weight is 272 g/mol. The van der Waals surface area contributed by atoms with Gasteiger partial charge < -0.3 is 10.8 Å². The smallest absolute Gasteiger partial charge is 0.0651 e. The highest BCUT2D eigenvalue weighted by Gasteiger charge is 2.13. The number of pyridine rings is 1. The Labute approximate surface area is 105 Å². The number of hydrogen-bond acceptors (Lipinski definition) is 3. The first-order valence-electron chi connectivity index (χ1n) is 4.32. The Morgan fingerprint density at radius 2 is 1.87 bits per heavy atom. The second-order valence-electron chi connectivity index (χ2n) is 2.99. The van der Waals surface area contributed by atoms with Gasteiger partial charge in [-0.1, -0.05) is 23.2 Å². The number of hydrogen-bond donors (Lipinski definition) is 2. The first-order chi connectivity index (χ1) is 6.66. The van der Waals surface area contributed by atoms with E-state index in [2.05, 4.69) is 4.98 Å². The van der Waals surface area contributed by atoms with Gasteiger partial charge in [-0.15, -0.1) is 12.4 Å². The molecule has 1 aromatic rings. The molecule has 0 bridgehead atoms. The number of rotatable bonds is 4. The number of nitrogens with two attached hydrogens (primary N) is 1. The van der Waals surface area contributed by atoms with Crippen molar-refractivity contribution >= 4 is 35.6 Å². The molecule has 3 N–H and O–H groups in total. The van der Waals surface area contributed by atoms with Crippen LogP contribution >= 0.6 is 35.6 Å². The van der Waals surface area contributed by atoms with Gasteiger partial charge in [0.1, 0.15) is 0 Å². The van der Waals surface area contributed by atoms with Crippen LogP contribution in [0.15, 0.2) is 12.4 Å². The molecule has 0 aliphatic rings. The van der Waals surface area contributed by atoms with Crippen molar-refractivity contribution in [3.63, 3.8) is 0 Å². The van der Waals surface area contributed by atoms with E-state index in [4.69, 9.17) is 34.0 Å². The topological polar surface area (TPSA) is 59.1 Å². The Kier molecular flexibility index (Phi) is 7.22. The van der Waals surface area contributed by atoms with Crippen LogP contribution in [-0.2, 0) is 0 Å². The van der Waals surface area contributed by atoms with Crippen molar-refractivity contribution < 1.29 is 5.11 Å². The van der Waals surface area contributed by atoms with Gasteiger partial charge >= 0.3 is 0 Å². The fourth-order valence-electron chi connectivity index (χ4n) is 1.23. The van der Waals surface area contributed by atoms with Crippen LogP contribution in [0.25, 0.3) is 0 Å². The third-order valence-corrected chi connectivity index (χ3v) is 2.54. The van der Waals surface area contributed by atoms with E-state index in [1.54, 1.807) is 0 Å². The molecule has 0 aliphatic heterocycles. The standard InChI is InChI=1S/C9H12Cl2N2O.ClH/c10-6-4-13-5-7(11)9(6)8(12)2-1-3-14;/h4-5,8,14H,1-3,12H2;1H/t8-;/m1./s1. The molecule has 15 heavy (non-hydrogen) atoms. The Balaban J connectivity index is 0.00000196. The summed E-state index contributed by atoms with van der Waals surface area (Å²) in [5, 5.41) is 9.62. The molecule has 6 heteroatoms. The zero-order chi connectivity index (χ0) is 10.6. The molecule has 0 amide bonds. The number of aliphatic hydroxyl groups is 1. The highest BCUT2D eigenvalue weighted by molar-refractivity contribution is 6.35. The third kappa shape index (κ3) is 4.13. The van der Waals surface area contributed by atoms with Crippen LogP contribution < -0.4 is 5.73 Å². The highest BCUT2D eigenvalue weighted by atomic mass is 35.5. The van der Waals surface area contributed by atoms with Crippen LogP contribution in [0.3, 0.4) is 0 Å². The summed E-state index contributed by atoms with van der Waals surface area (Å²) < 4.78 is 0. The van der Waals surface area contributed by atoms with E-state index in [9.17, 15) is 0 Å². The van der Waals surface area contributed by atoms with Crippen molar-refractivity contribution in [1.29, 1.82) is 0 Å². The molecule has 0 unspecified atom stereocenters. The molecule has 1 rings (SSSR count). The number of aromatic nitrogens is 1. The molecule has 86 valence electrons. The maximum atomic E-state index is 8.67. The monoisotopic (exact) mass is 270 g/mol. The quantitative estimate of drug-likeness (QED) is 0.885. The molecule has 0 radical (unpaired) electrons. The van der Waals surface area contributed by atoms with Crippen molar-refractivity contribution in [3.8, 4) is 0 Å². The van der Waals surface area contributed by atoms with Gasteiger partial charge in [0.25, 0.3) is 0 Å². The second-order valence-corrected chi connectivity index (χ2v) is 3.80. The molecule has 1 aromatic heterocycles. The van der Waals surface area contributed by atoms with Crippen LogP contribution in [0.1, 0.15) is 24.4 Å². The molecular weight excluding hydrogens is 258 g/mol. The fourth-order valence-corrected chi connectivity index (χ4v) is 1.88. The first-order valence-corrected chi connectivity index (χ1v) is 5.07. The van der Waals surface area contributed by atoms with Crippen molar-refractivity contribution in [2.45, 2.75) is 18.9 Å². The molecule has 0 saturated carbocycles. The Morgan fingerprint density at radius 1 is 1.33 bits per heavy atom. The van der Waals surface area contributed by atoms with Gasteiger partial charge in [-0.2, -0.15) is 0 Å². The van der Waals surface area contributed by atoms with Gasteiger partial charge in [0.2, 0.25) is 0 Å². The predicted molar refractivity (Wildman–Crippen MR) is 64.8 cm³/mol. The lowest BCUT2D eigenvalue weighted by Gasteiger charge is -2.13. The molecular formula is C9H13Cl3N2O. The molecule has 0 aromatic carbocycles. The number of nitrogens with zero attached hydrogens (tertiary/aromatic N) is 1. The molecule has 0 aliphatic carbocycles. The molecule has 1 heterocycles. The first kappa shape index (κ1) is 14.9. The molecule has 0 spiro atoms. The summed E-state index contributed by atoms with van der Waals surface area (Å²) >= 11 is 11.8. The average Bonchev–Trinajstić information content (AvgIpc) is 2.14. The summed E-state index contributed by atoms with van der Waals surface area (Å²) in [6, 6.07) is -0.245. The summed E-state index contributed by atoms with van der Waals surface area (Å²) in [5.41, 5.74) is 6.58. The zero-order valence-corrected chi connectivity index (χ0v) is 10.3. The van der Waals surface area contributed by atoms with Gasteiger partial charge in [-0.25, -0.2) is 0 Å². The fraction of sp³-hybridized carbons (Fsp3) is 0.444. The second kappa shape index (κ2) is 7.25. The van der Waals surface area contributed by atoms with E-state index >= 15 is 0 Å². The summed E-state index contributed by atoms with van der Waals surface area (Å²) in [6.07, 6.45) is 4.32. The van der Waals surface area contributed by atoms with Crippen LogP contribution in [0, 0.1) is 0 Å². The summed E-state index contributed by atoms with van der Waals surface area (Å²) in [5.74, 6) is 0. The molecule has 3 nitrogen and oxygen atoms in total. The molecule has 1 atom stereocenters. The van der Waals surface area contributed by atoms with E-state index in [-0.39, 0.29) is 25.1 Å². The van der Waals surface area contributed by atoms with Gasteiger partial charge in [-0.3, -0.25) is 4.98 Å². The van der Waals surface area contributed by atoms with Gasteiger partial charge in [0, 0.05) is 30.6 Å². The van der Waals surface area contributed by atoms with Crippen LogP contribution in [0.5, 0.6) is 0 Å². The van der Waals surface area contributed by atoms with Crippen molar-refractivity contribution in [2.75, 3.05) is 6.61 Å². The van der Waals surface area contributed by atoms with E-state index < -0.39 is 0 Å². The summed E-state index contributed by atoms with van der Waals surface area (Å²) in [7, 11) is 0. The minimum atomic E-state index is -0.245. The van der Waals surface area contributed by atoms with E-state index in [1.807, 2.05) is 0 Å². The van der Waals surface area contributed by atoms with Crippen molar-refractivity contribution in [3.05, 3.63) is 28.0 Å². The SMILES string of the molecule is Cl.N[C@H](CCCO)c1c(Cl)cncc1Cl. The van der Waals surface area contributed by atoms with Gasteiger partial charge in [-0.05, 0) is 12.8 Å². The van der Waals surface area contributed by atoms with E-state index in [0.717, 1.165) is 0 Å². The molecule has 0 saturated heterocycles. The largest absolute Gasteiger partial charge is 0.396 e. The van der Waals surface area contributed by atoms with E-state index in [0.29, 0.717) is 28.5 Å². The lowest BCUT2D eigenvalue weighted by atomic mass is 10.0. The van der Waals surface area contributed by atoms with Crippen LogP contribution in [0.2, 0.25) is 10.0 Å². The summed E-state index contributed by atoms with van der Waals surface area (Å²) in [6.45, 7) is 0.119. The zero-order valence-electron chi connectivity index (χ0n) is 7.99. The minimum absolute atomic E-state index is 0. The maximum absolute atomic E-state index is 8.67. The van der Waals surface area contributed by atoms with Crippen LogP contribution in [-0.4, -0.2) is 16.7 Å². The van der Waals surface area contributed by atoms with Crippen molar-refractivity contribution in [2.24, 2.45) is 5.73 Å². The molecule has 0 fully saturated rings. The Hall–Kier alpha value is -0.0600. The van der Waals surface area contributed by atoms with Gasteiger partial charge in [0.05, 0.1) is 10.0 Å². The Morgan fingerprint density at radius 3 is 2.33 bits per heavy atom. The van der Waals surface area contributed by atoms with Crippen molar-refractivity contribution in [1.82, 2.24) is 4.98 Å². The lowest BCUT2D eigenvalue weighted by Crippen LogP contribution is -2.12. The Bertz CT molecular complexity index is 289. The number of aliphatic hydroxyl groups excluding tert-OH is 1. The predicted octanol–water partition coefficient (Wildman–Crippen LogP) is 2.58. The summed E-state index contributed by atoms with van der Waals surface area (Å²) in [4.78, 5) is 3.84. The highest BCUT2D eigenvalue weighted by Crippen LogP contribution is 2.29. The van der Waals surface area contributed by atoms with E-state index in [1.165, 1.54) is 12.4 Å². The number of halogens is 3. The van der Waals surface area contributed by atoms with Gasteiger partial charge in [0.15, 0.2) is 0 Å². The normalized spacial score (nSPS) is 12.0.